The summed E-state index contributed by atoms with van der Waals surface area (Å²) in [6, 6.07) is 0. The smallest absolute Gasteiger partial charge is 0.0497 e. The van der Waals surface area contributed by atoms with Gasteiger partial charge in [-0.2, -0.15) is 0 Å². The summed E-state index contributed by atoms with van der Waals surface area (Å²) in [5.74, 6) is 0. The maximum Gasteiger partial charge on any atom is 0.0497 e. The van der Waals surface area contributed by atoms with Gasteiger partial charge in [0, 0.05) is 21.5 Å². The molecule has 0 aromatic rings. The Balaban J connectivity index is 3.28. The van der Waals surface area contributed by atoms with Gasteiger partial charge in [-0.15, -0.1) is 46.4 Å². The van der Waals surface area contributed by atoms with E-state index in [-0.39, 0.29) is 21.5 Å². The number of hydrogen-bond acceptors (Lipinski definition) is 0. The van der Waals surface area contributed by atoms with E-state index in [0.29, 0.717) is 0 Å². The highest BCUT2D eigenvalue weighted by Gasteiger charge is 2.12. The Hall–Kier alpha value is 1.16. The van der Waals surface area contributed by atoms with E-state index in [1.165, 1.54) is 12.8 Å². The lowest BCUT2D eigenvalue weighted by molar-refractivity contribution is 0.570. The zero-order valence-electron chi connectivity index (χ0n) is 10.1. The van der Waals surface area contributed by atoms with E-state index in [1.807, 2.05) is 13.8 Å². The van der Waals surface area contributed by atoms with Crippen LogP contribution in [0.5, 0.6) is 0 Å². The largest absolute Gasteiger partial charge is 0.122 e. The Labute approximate surface area is 120 Å². The van der Waals surface area contributed by atoms with Crippen molar-refractivity contribution in [3.05, 3.63) is 0 Å². The summed E-state index contributed by atoms with van der Waals surface area (Å²) >= 11 is 23.9. The molecular weight excluding hydrogens is 286 g/mol. The third-order valence-electron chi connectivity index (χ3n) is 2.71. The number of rotatable bonds is 9. The van der Waals surface area contributed by atoms with Crippen molar-refractivity contribution >= 4 is 46.4 Å². The third kappa shape index (κ3) is 9.22. The molecule has 0 radical (unpaired) electrons. The molecule has 0 rings (SSSR count). The van der Waals surface area contributed by atoms with Crippen molar-refractivity contribution in [3.8, 4) is 0 Å². The minimum absolute atomic E-state index is 0.0611. The first-order chi connectivity index (χ1) is 7.45. The number of alkyl halides is 4. The van der Waals surface area contributed by atoms with E-state index in [1.54, 1.807) is 0 Å². The van der Waals surface area contributed by atoms with Gasteiger partial charge in [-0.05, 0) is 26.7 Å². The van der Waals surface area contributed by atoms with E-state index in [2.05, 4.69) is 0 Å². The molecule has 98 valence electrons. The Morgan fingerprint density at radius 1 is 0.625 bits per heavy atom. The van der Waals surface area contributed by atoms with Crippen LogP contribution in [-0.4, -0.2) is 21.5 Å². The van der Waals surface area contributed by atoms with Gasteiger partial charge in [0.05, 0.1) is 0 Å². The summed E-state index contributed by atoms with van der Waals surface area (Å²) in [6.45, 7) is 3.89. The maximum absolute atomic E-state index is 6.05. The predicted octanol–water partition coefficient (Wildman–Crippen LogP) is 5.80. The Bertz CT molecular complexity index is 141. The first-order valence-electron chi connectivity index (χ1n) is 6.01. The van der Waals surface area contributed by atoms with Crippen LogP contribution in [0.4, 0.5) is 0 Å². The molecule has 0 heterocycles. The zero-order valence-corrected chi connectivity index (χ0v) is 13.1. The summed E-state index contributed by atoms with van der Waals surface area (Å²) in [6.07, 6.45) is 6.70. The molecule has 0 saturated carbocycles. The molecule has 16 heavy (non-hydrogen) atoms. The van der Waals surface area contributed by atoms with Crippen LogP contribution in [0.2, 0.25) is 0 Å². The number of halogens is 4. The Kier molecular flexibility index (Phi) is 10.9. The van der Waals surface area contributed by atoms with Gasteiger partial charge < -0.3 is 0 Å². The van der Waals surface area contributed by atoms with Gasteiger partial charge in [-0.3, -0.25) is 0 Å². The molecule has 0 aliphatic carbocycles. The Morgan fingerprint density at radius 3 is 1.19 bits per heavy atom. The van der Waals surface area contributed by atoms with E-state index in [4.69, 9.17) is 46.4 Å². The normalized spacial score (nSPS) is 19.1. The zero-order chi connectivity index (χ0) is 12.6. The van der Waals surface area contributed by atoms with Crippen molar-refractivity contribution in [2.24, 2.45) is 0 Å². The maximum atomic E-state index is 6.05. The number of hydrogen-bond donors (Lipinski definition) is 0. The fourth-order valence-electron chi connectivity index (χ4n) is 1.49. The van der Waals surface area contributed by atoms with Gasteiger partial charge >= 0.3 is 0 Å². The topological polar surface area (TPSA) is 0 Å². The highest BCUT2D eigenvalue weighted by molar-refractivity contribution is 6.30. The van der Waals surface area contributed by atoms with Gasteiger partial charge in [0.2, 0.25) is 0 Å². The lowest BCUT2D eigenvalue weighted by Crippen LogP contribution is -2.11. The summed E-state index contributed by atoms with van der Waals surface area (Å²) in [4.78, 5) is 0. The fraction of sp³-hybridized carbons (Fsp3) is 1.00. The van der Waals surface area contributed by atoms with Crippen LogP contribution in [0, 0.1) is 0 Å². The summed E-state index contributed by atoms with van der Waals surface area (Å²) in [5.41, 5.74) is 0. The molecule has 4 unspecified atom stereocenters. The van der Waals surface area contributed by atoms with E-state index < -0.39 is 0 Å². The van der Waals surface area contributed by atoms with Crippen LogP contribution in [-0.2, 0) is 0 Å². The molecule has 0 spiro atoms. The summed E-state index contributed by atoms with van der Waals surface area (Å²) in [7, 11) is 0. The minimum atomic E-state index is 0.0611. The summed E-state index contributed by atoms with van der Waals surface area (Å²) in [5, 5.41) is 0.326. The molecule has 0 aromatic carbocycles. The minimum Gasteiger partial charge on any atom is -0.122 e. The third-order valence-corrected chi connectivity index (χ3v) is 4.77. The second-order valence-electron chi connectivity index (χ2n) is 4.38. The first kappa shape index (κ1) is 17.2. The fourth-order valence-corrected chi connectivity index (χ4v) is 2.05. The van der Waals surface area contributed by atoms with Crippen LogP contribution >= 0.6 is 46.4 Å². The average molecular weight is 308 g/mol. The van der Waals surface area contributed by atoms with Gasteiger partial charge in [0.15, 0.2) is 0 Å². The van der Waals surface area contributed by atoms with Crippen molar-refractivity contribution in [2.45, 2.75) is 73.9 Å². The molecule has 0 N–H and O–H groups in total. The van der Waals surface area contributed by atoms with E-state index in [0.717, 1.165) is 25.7 Å². The van der Waals surface area contributed by atoms with Crippen molar-refractivity contribution < 1.29 is 0 Å². The average Bonchev–Trinajstić information content (AvgIpc) is 2.21. The molecule has 4 heteroatoms. The standard InChI is InChI=1S/C12H22Cl4/c1-9(13)11(15)7-5-3-4-6-8-12(16)10(2)14/h9-12H,3-8H2,1-2H3. The monoisotopic (exact) mass is 306 g/mol. The van der Waals surface area contributed by atoms with Crippen molar-refractivity contribution in [1.82, 2.24) is 0 Å². The highest BCUT2D eigenvalue weighted by atomic mass is 35.5. The highest BCUT2D eigenvalue weighted by Crippen LogP contribution is 2.19. The van der Waals surface area contributed by atoms with E-state index in [9.17, 15) is 0 Å². The van der Waals surface area contributed by atoms with Gasteiger partial charge in [-0.1, -0.05) is 25.7 Å². The molecule has 0 nitrogen and oxygen atoms in total. The van der Waals surface area contributed by atoms with Crippen molar-refractivity contribution in [2.75, 3.05) is 0 Å². The van der Waals surface area contributed by atoms with Crippen molar-refractivity contribution in [1.29, 1.82) is 0 Å². The second kappa shape index (κ2) is 10.1. The molecule has 0 bridgehead atoms. The number of unbranched alkanes of at least 4 members (excludes halogenated alkanes) is 3. The van der Waals surface area contributed by atoms with Gasteiger partial charge in [0.25, 0.3) is 0 Å². The molecule has 0 saturated heterocycles. The lowest BCUT2D eigenvalue weighted by Gasteiger charge is -2.12. The Morgan fingerprint density at radius 2 is 0.938 bits per heavy atom. The quantitative estimate of drug-likeness (QED) is 0.373. The second-order valence-corrected chi connectivity index (χ2v) is 6.88. The van der Waals surface area contributed by atoms with Crippen LogP contribution in [0.25, 0.3) is 0 Å². The molecule has 0 amide bonds. The van der Waals surface area contributed by atoms with Crippen LogP contribution in [0.3, 0.4) is 0 Å². The van der Waals surface area contributed by atoms with E-state index >= 15 is 0 Å². The SMILES string of the molecule is CC(Cl)C(Cl)CCCCCCC(Cl)C(C)Cl. The summed E-state index contributed by atoms with van der Waals surface area (Å²) < 4.78 is 0. The predicted molar refractivity (Wildman–Crippen MR) is 77.6 cm³/mol. The van der Waals surface area contributed by atoms with Gasteiger partial charge in [0.1, 0.15) is 0 Å². The molecule has 0 aliphatic rings. The molecule has 0 aromatic heterocycles. The van der Waals surface area contributed by atoms with Crippen LogP contribution < -0.4 is 0 Å². The van der Waals surface area contributed by atoms with Crippen LogP contribution in [0.1, 0.15) is 52.4 Å². The molecule has 0 aliphatic heterocycles. The molecule has 4 atom stereocenters. The van der Waals surface area contributed by atoms with Crippen LogP contribution in [0.15, 0.2) is 0 Å². The van der Waals surface area contributed by atoms with Gasteiger partial charge in [-0.25, -0.2) is 0 Å². The molecule has 0 fully saturated rings. The molecular formula is C12H22Cl4. The first-order valence-corrected chi connectivity index (χ1v) is 7.76. The van der Waals surface area contributed by atoms with Crippen molar-refractivity contribution in [3.63, 3.8) is 0 Å². The lowest BCUT2D eigenvalue weighted by atomic mass is 10.1.